The summed E-state index contributed by atoms with van der Waals surface area (Å²) in [6, 6.07) is 8.80. The molecule has 0 fully saturated rings. The molecule has 0 spiro atoms. The van der Waals surface area contributed by atoms with Crippen LogP contribution in [0.2, 0.25) is 5.15 Å². The number of carbonyl (C=O) groups excluding carboxylic acids is 1. The van der Waals surface area contributed by atoms with E-state index in [9.17, 15) is 4.79 Å². The Bertz CT molecular complexity index is 840. The summed E-state index contributed by atoms with van der Waals surface area (Å²) in [7, 11) is 0. The van der Waals surface area contributed by atoms with Crippen molar-refractivity contribution >= 4 is 28.8 Å². The van der Waals surface area contributed by atoms with Crippen LogP contribution in [0.3, 0.4) is 0 Å². The molecule has 0 atom stereocenters. The summed E-state index contributed by atoms with van der Waals surface area (Å²) in [6.45, 7) is 0.571. The van der Waals surface area contributed by atoms with E-state index in [-0.39, 0.29) is 5.91 Å². The van der Waals surface area contributed by atoms with E-state index in [1.54, 1.807) is 36.7 Å². The van der Waals surface area contributed by atoms with E-state index in [1.807, 2.05) is 22.2 Å². The monoisotopic (exact) mass is 330 g/mol. The first-order chi connectivity index (χ1) is 10.7. The standard InChI is InChI=1S/C15H11ClN4OS/c16-13-5-4-11(9-18-13)10-20-7-8-22-15(20)19-14(21)12-3-1-2-6-17-12/h1-9H,10H2. The molecule has 3 aromatic rings. The molecule has 5 nitrogen and oxygen atoms in total. The van der Waals surface area contributed by atoms with Crippen molar-refractivity contribution in [2.45, 2.75) is 6.54 Å². The van der Waals surface area contributed by atoms with Gasteiger partial charge in [0.05, 0.1) is 6.54 Å². The van der Waals surface area contributed by atoms with Gasteiger partial charge >= 0.3 is 0 Å². The molecular weight excluding hydrogens is 320 g/mol. The highest BCUT2D eigenvalue weighted by atomic mass is 35.5. The Balaban J connectivity index is 1.87. The number of amides is 1. The van der Waals surface area contributed by atoms with Crippen molar-refractivity contribution in [3.63, 3.8) is 0 Å². The molecule has 0 saturated carbocycles. The molecule has 22 heavy (non-hydrogen) atoms. The Morgan fingerprint density at radius 3 is 2.91 bits per heavy atom. The zero-order chi connectivity index (χ0) is 15.4. The first-order valence-electron chi connectivity index (χ1n) is 6.47. The summed E-state index contributed by atoms with van der Waals surface area (Å²) in [5.74, 6) is -0.356. The number of aromatic nitrogens is 3. The van der Waals surface area contributed by atoms with Crippen molar-refractivity contribution in [2.75, 3.05) is 0 Å². The van der Waals surface area contributed by atoms with Crippen molar-refractivity contribution < 1.29 is 4.79 Å². The molecule has 1 amide bonds. The van der Waals surface area contributed by atoms with E-state index in [4.69, 9.17) is 11.6 Å². The van der Waals surface area contributed by atoms with E-state index < -0.39 is 0 Å². The van der Waals surface area contributed by atoms with Gasteiger partial charge in [0, 0.05) is 24.0 Å². The van der Waals surface area contributed by atoms with E-state index in [0.29, 0.717) is 22.2 Å². The summed E-state index contributed by atoms with van der Waals surface area (Å²) in [5.41, 5.74) is 1.31. The second-order valence-corrected chi connectivity index (χ2v) is 5.69. The van der Waals surface area contributed by atoms with Crippen LogP contribution >= 0.6 is 22.9 Å². The van der Waals surface area contributed by atoms with Crippen LogP contribution in [0.15, 0.2) is 59.3 Å². The minimum Gasteiger partial charge on any atom is -0.319 e. The molecule has 3 aromatic heterocycles. The normalized spacial score (nSPS) is 11.6. The SMILES string of the molecule is O=C(N=c1sccn1Cc1ccc(Cl)nc1)c1ccccn1. The lowest BCUT2D eigenvalue weighted by Gasteiger charge is -2.02. The summed E-state index contributed by atoms with van der Waals surface area (Å²) < 4.78 is 1.89. The third-order valence-corrected chi connectivity index (χ3v) is 3.90. The third kappa shape index (κ3) is 3.47. The van der Waals surface area contributed by atoms with Gasteiger partial charge in [0.15, 0.2) is 4.80 Å². The van der Waals surface area contributed by atoms with Crippen LogP contribution in [0.25, 0.3) is 0 Å². The van der Waals surface area contributed by atoms with E-state index >= 15 is 0 Å². The van der Waals surface area contributed by atoms with Gasteiger partial charge in [0.1, 0.15) is 10.8 Å². The molecule has 0 unspecified atom stereocenters. The third-order valence-electron chi connectivity index (χ3n) is 2.88. The van der Waals surface area contributed by atoms with E-state index in [0.717, 1.165) is 5.56 Å². The van der Waals surface area contributed by atoms with Gasteiger partial charge in [-0.05, 0) is 23.8 Å². The fourth-order valence-corrected chi connectivity index (χ4v) is 2.67. The quantitative estimate of drug-likeness (QED) is 0.694. The molecule has 3 rings (SSSR count). The topological polar surface area (TPSA) is 60.1 Å². The van der Waals surface area contributed by atoms with Crippen LogP contribution in [0.5, 0.6) is 0 Å². The number of thiazole rings is 1. The fourth-order valence-electron chi connectivity index (χ4n) is 1.84. The van der Waals surface area contributed by atoms with Crippen LogP contribution in [-0.4, -0.2) is 20.4 Å². The van der Waals surface area contributed by atoms with Crippen LogP contribution in [0.1, 0.15) is 16.1 Å². The smallest absolute Gasteiger partial charge is 0.298 e. The molecule has 3 heterocycles. The number of halogens is 1. The molecule has 0 aromatic carbocycles. The van der Waals surface area contributed by atoms with Gasteiger partial charge in [-0.2, -0.15) is 4.99 Å². The average molecular weight is 331 g/mol. The fraction of sp³-hybridized carbons (Fsp3) is 0.0667. The highest BCUT2D eigenvalue weighted by Crippen LogP contribution is 2.07. The van der Waals surface area contributed by atoms with Crippen LogP contribution in [-0.2, 0) is 6.54 Å². The molecule has 7 heteroatoms. The van der Waals surface area contributed by atoms with Gasteiger partial charge in [-0.15, -0.1) is 11.3 Å². The minimum absolute atomic E-state index is 0.329. The van der Waals surface area contributed by atoms with Crippen molar-refractivity contribution in [1.29, 1.82) is 0 Å². The van der Waals surface area contributed by atoms with Crippen LogP contribution < -0.4 is 4.80 Å². The molecular formula is C15H11ClN4OS. The molecule has 0 N–H and O–H groups in total. The van der Waals surface area contributed by atoms with Gasteiger partial charge < -0.3 is 4.57 Å². The van der Waals surface area contributed by atoms with E-state index in [1.165, 1.54) is 11.3 Å². The maximum absolute atomic E-state index is 12.1. The molecule has 0 aliphatic carbocycles. The van der Waals surface area contributed by atoms with Crippen LogP contribution in [0.4, 0.5) is 0 Å². The highest BCUT2D eigenvalue weighted by Gasteiger charge is 2.06. The first-order valence-corrected chi connectivity index (χ1v) is 7.72. The lowest BCUT2D eigenvalue weighted by Crippen LogP contribution is -2.17. The second kappa shape index (κ2) is 6.64. The summed E-state index contributed by atoms with van der Waals surface area (Å²) in [4.78, 5) is 24.9. The minimum atomic E-state index is -0.356. The molecule has 0 bridgehead atoms. The lowest BCUT2D eigenvalue weighted by molar-refractivity contribution is 0.0993. The van der Waals surface area contributed by atoms with Crippen molar-refractivity contribution in [2.24, 2.45) is 4.99 Å². The Morgan fingerprint density at radius 1 is 1.27 bits per heavy atom. The van der Waals surface area contributed by atoms with Gasteiger partial charge in [-0.25, -0.2) is 4.98 Å². The van der Waals surface area contributed by atoms with Crippen molar-refractivity contribution in [1.82, 2.24) is 14.5 Å². The maximum Gasteiger partial charge on any atom is 0.298 e. The highest BCUT2D eigenvalue weighted by molar-refractivity contribution is 7.07. The Morgan fingerprint density at radius 2 is 2.18 bits per heavy atom. The van der Waals surface area contributed by atoms with E-state index in [2.05, 4.69) is 15.0 Å². The number of carbonyl (C=O) groups is 1. The van der Waals surface area contributed by atoms with Gasteiger partial charge in [-0.1, -0.05) is 23.7 Å². The number of pyridine rings is 2. The zero-order valence-corrected chi connectivity index (χ0v) is 13.0. The predicted octanol–water partition coefficient (Wildman–Crippen LogP) is 2.78. The summed E-state index contributed by atoms with van der Waals surface area (Å²) in [6.07, 6.45) is 5.16. The molecule has 0 saturated heterocycles. The summed E-state index contributed by atoms with van der Waals surface area (Å²) in [5, 5.41) is 2.34. The Labute approximate surface area is 135 Å². The van der Waals surface area contributed by atoms with Gasteiger partial charge in [0.2, 0.25) is 0 Å². The molecule has 110 valence electrons. The number of rotatable bonds is 3. The first kappa shape index (κ1) is 14.6. The molecule has 0 aliphatic heterocycles. The maximum atomic E-state index is 12.1. The Kier molecular flexibility index (Phi) is 4.41. The molecule has 0 radical (unpaired) electrons. The number of nitrogens with zero attached hydrogens (tertiary/aromatic N) is 4. The molecule has 0 aliphatic rings. The lowest BCUT2D eigenvalue weighted by atomic mass is 10.3. The number of hydrogen-bond acceptors (Lipinski definition) is 4. The van der Waals surface area contributed by atoms with Gasteiger partial charge in [0.25, 0.3) is 5.91 Å². The second-order valence-electron chi connectivity index (χ2n) is 4.43. The largest absolute Gasteiger partial charge is 0.319 e. The zero-order valence-electron chi connectivity index (χ0n) is 11.4. The van der Waals surface area contributed by atoms with Gasteiger partial charge in [-0.3, -0.25) is 9.78 Å². The van der Waals surface area contributed by atoms with Crippen LogP contribution in [0, 0.1) is 0 Å². The van der Waals surface area contributed by atoms with Crippen molar-refractivity contribution in [3.05, 3.63) is 75.5 Å². The number of hydrogen-bond donors (Lipinski definition) is 0. The average Bonchev–Trinajstić information content (AvgIpc) is 2.97. The summed E-state index contributed by atoms with van der Waals surface area (Å²) >= 11 is 7.17. The van der Waals surface area contributed by atoms with Crippen molar-refractivity contribution in [3.8, 4) is 0 Å². The predicted molar refractivity (Wildman–Crippen MR) is 84.8 cm³/mol. The Hall–Kier alpha value is -2.31.